The van der Waals surface area contributed by atoms with Gasteiger partial charge in [0.15, 0.2) is 5.82 Å². The molecule has 0 atom stereocenters. The molecule has 0 saturated carbocycles. The first kappa shape index (κ1) is 10.8. The third kappa shape index (κ3) is 2.09. The number of aromatic nitrogens is 4. The number of hydrogen-bond acceptors (Lipinski definition) is 4. The predicted octanol–water partition coefficient (Wildman–Crippen LogP) is 0.930. The molecule has 0 amide bonds. The minimum Gasteiger partial charge on any atom is -0.330 e. The second-order valence-electron chi connectivity index (χ2n) is 3.53. The number of aromatic amines is 1. The summed E-state index contributed by atoms with van der Waals surface area (Å²) in [6.45, 7) is 2.67. The van der Waals surface area contributed by atoms with Crippen LogP contribution in [0.2, 0.25) is 0 Å². The van der Waals surface area contributed by atoms with E-state index in [1.807, 2.05) is 12.3 Å². The Hall–Kier alpha value is -1.75. The van der Waals surface area contributed by atoms with Gasteiger partial charge in [-0.1, -0.05) is 6.92 Å². The summed E-state index contributed by atoms with van der Waals surface area (Å²) in [5, 5.41) is 7.09. The van der Waals surface area contributed by atoms with Crippen LogP contribution >= 0.6 is 0 Å². The molecule has 5 heteroatoms. The maximum atomic E-state index is 5.47. The summed E-state index contributed by atoms with van der Waals surface area (Å²) in [6.07, 6.45) is 5.26. The van der Waals surface area contributed by atoms with E-state index in [0.717, 1.165) is 35.6 Å². The molecule has 2 heterocycles. The van der Waals surface area contributed by atoms with Crippen LogP contribution in [0.5, 0.6) is 0 Å². The van der Waals surface area contributed by atoms with Gasteiger partial charge in [0.25, 0.3) is 0 Å². The fourth-order valence-electron chi connectivity index (χ4n) is 1.59. The van der Waals surface area contributed by atoms with Gasteiger partial charge in [0.2, 0.25) is 0 Å². The van der Waals surface area contributed by atoms with E-state index in [0.29, 0.717) is 6.54 Å². The van der Waals surface area contributed by atoms with Crippen molar-refractivity contribution in [1.29, 1.82) is 0 Å². The molecule has 0 radical (unpaired) electrons. The minimum atomic E-state index is 0.575. The quantitative estimate of drug-likeness (QED) is 0.798. The molecule has 2 rings (SSSR count). The van der Waals surface area contributed by atoms with E-state index in [1.54, 1.807) is 6.20 Å². The van der Waals surface area contributed by atoms with Crippen LogP contribution in [0.4, 0.5) is 0 Å². The van der Waals surface area contributed by atoms with Crippen LogP contribution in [0, 0.1) is 0 Å². The van der Waals surface area contributed by atoms with Crippen molar-refractivity contribution in [2.45, 2.75) is 19.8 Å². The molecular formula is C11H15N5. The van der Waals surface area contributed by atoms with Crippen LogP contribution in [0.1, 0.15) is 18.3 Å². The molecule has 0 aliphatic carbocycles. The highest BCUT2D eigenvalue weighted by Gasteiger charge is 2.08. The fourth-order valence-corrected chi connectivity index (χ4v) is 1.59. The Bertz CT molecular complexity index is 463. The Kier molecular flexibility index (Phi) is 3.26. The molecule has 0 aliphatic heterocycles. The predicted molar refractivity (Wildman–Crippen MR) is 61.8 cm³/mol. The normalized spacial score (nSPS) is 10.6. The molecule has 0 saturated heterocycles. The molecule has 3 N–H and O–H groups in total. The van der Waals surface area contributed by atoms with E-state index in [2.05, 4.69) is 27.1 Å². The topological polar surface area (TPSA) is 80.5 Å². The number of aryl methyl sites for hydroxylation is 1. The van der Waals surface area contributed by atoms with Gasteiger partial charge in [-0.3, -0.25) is 10.1 Å². The third-order valence-electron chi connectivity index (χ3n) is 2.44. The molecule has 0 aliphatic rings. The lowest BCUT2D eigenvalue weighted by Crippen LogP contribution is -2.03. The maximum Gasteiger partial charge on any atom is 0.181 e. The first-order valence-electron chi connectivity index (χ1n) is 5.39. The summed E-state index contributed by atoms with van der Waals surface area (Å²) >= 11 is 0. The van der Waals surface area contributed by atoms with Crippen LogP contribution in [-0.2, 0) is 12.8 Å². The highest BCUT2D eigenvalue weighted by atomic mass is 15.2. The van der Waals surface area contributed by atoms with Gasteiger partial charge < -0.3 is 5.73 Å². The zero-order valence-electron chi connectivity index (χ0n) is 9.27. The van der Waals surface area contributed by atoms with Crippen molar-refractivity contribution in [2.24, 2.45) is 5.73 Å². The number of nitrogens with one attached hydrogen (secondary N) is 1. The zero-order valence-corrected chi connectivity index (χ0v) is 9.27. The Morgan fingerprint density at radius 1 is 1.44 bits per heavy atom. The van der Waals surface area contributed by atoms with E-state index in [9.17, 15) is 0 Å². The van der Waals surface area contributed by atoms with Gasteiger partial charge in [0, 0.05) is 24.4 Å². The van der Waals surface area contributed by atoms with Crippen molar-refractivity contribution in [3.05, 3.63) is 29.8 Å². The molecule has 5 nitrogen and oxygen atoms in total. The van der Waals surface area contributed by atoms with Crippen molar-refractivity contribution < 1.29 is 0 Å². The number of rotatable bonds is 4. The number of pyridine rings is 1. The molecule has 84 valence electrons. The molecule has 0 bridgehead atoms. The number of H-pyrrole nitrogens is 1. The number of nitrogens with zero attached hydrogens (tertiary/aromatic N) is 3. The van der Waals surface area contributed by atoms with Crippen LogP contribution in [0.15, 0.2) is 18.5 Å². The van der Waals surface area contributed by atoms with Crippen molar-refractivity contribution in [3.8, 4) is 11.4 Å². The van der Waals surface area contributed by atoms with Crippen molar-refractivity contribution >= 4 is 0 Å². The SMILES string of the molecule is CCc1cnccc1-c1n[nH]c(CCN)n1. The number of nitrogens with two attached hydrogens (primary N) is 1. The van der Waals surface area contributed by atoms with Gasteiger partial charge in [-0.15, -0.1) is 0 Å². The summed E-state index contributed by atoms with van der Waals surface area (Å²) < 4.78 is 0. The molecule has 0 unspecified atom stereocenters. The van der Waals surface area contributed by atoms with E-state index in [-0.39, 0.29) is 0 Å². The molecule has 2 aromatic heterocycles. The zero-order chi connectivity index (χ0) is 11.4. The fraction of sp³-hybridized carbons (Fsp3) is 0.364. The largest absolute Gasteiger partial charge is 0.330 e. The van der Waals surface area contributed by atoms with Gasteiger partial charge in [0.05, 0.1) is 0 Å². The third-order valence-corrected chi connectivity index (χ3v) is 2.44. The highest BCUT2D eigenvalue weighted by Crippen LogP contribution is 2.19. The summed E-state index contributed by atoms with van der Waals surface area (Å²) in [5.74, 6) is 1.55. The van der Waals surface area contributed by atoms with Crippen molar-refractivity contribution in [3.63, 3.8) is 0 Å². The molecule has 0 fully saturated rings. The smallest absolute Gasteiger partial charge is 0.181 e. The minimum absolute atomic E-state index is 0.575. The van der Waals surface area contributed by atoms with Gasteiger partial charge >= 0.3 is 0 Å². The molecule has 2 aromatic rings. The lowest BCUT2D eigenvalue weighted by Gasteiger charge is -2.01. The lowest BCUT2D eigenvalue weighted by atomic mass is 10.1. The Morgan fingerprint density at radius 3 is 3.06 bits per heavy atom. The first-order chi connectivity index (χ1) is 7.85. The molecule has 0 aromatic carbocycles. The first-order valence-corrected chi connectivity index (χ1v) is 5.39. The van der Waals surface area contributed by atoms with Crippen LogP contribution < -0.4 is 5.73 Å². The molecule has 0 spiro atoms. The standard InChI is InChI=1S/C11H15N5/c1-2-8-7-13-6-4-9(8)11-14-10(3-5-12)15-16-11/h4,6-7H,2-3,5,12H2,1H3,(H,14,15,16). The van der Waals surface area contributed by atoms with Gasteiger partial charge in [-0.05, 0) is 24.6 Å². The van der Waals surface area contributed by atoms with Crippen molar-refractivity contribution in [2.75, 3.05) is 6.54 Å². The lowest BCUT2D eigenvalue weighted by molar-refractivity contribution is 0.874. The van der Waals surface area contributed by atoms with E-state index < -0.39 is 0 Å². The van der Waals surface area contributed by atoms with E-state index >= 15 is 0 Å². The second-order valence-corrected chi connectivity index (χ2v) is 3.53. The Morgan fingerprint density at radius 2 is 2.31 bits per heavy atom. The highest BCUT2D eigenvalue weighted by molar-refractivity contribution is 5.58. The van der Waals surface area contributed by atoms with Gasteiger partial charge in [-0.2, -0.15) is 5.10 Å². The summed E-state index contributed by atoms with van der Waals surface area (Å²) in [5.41, 5.74) is 7.66. The van der Waals surface area contributed by atoms with Gasteiger partial charge in [-0.25, -0.2) is 4.98 Å². The second kappa shape index (κ2) is 4.85. The van der Waals surface area contributed by atoms with E-state index in [4.69, 9.17) is 5.73 Å². The number of hydrogen-bond donors (Lipinski definition) is 2. The average Bonchev–Trinajstić information content (AvgIpc) is 2.78. The molecule has 16 heavy (non-hydrogen) atoms. The van der Waals surface area contributed by atoms with Gasteiger partial charge in [0.1, 0.15) is 5.82 Å². The maximum absolute atomic E-state index is 5.47. The monoisotopic (exact) mass is 217 g/mol. The Balaban J connectivity index is 2.34. The molecular weight excluding hydrogens is 202 g/mol. The van der Waals surface area contributed by atoms with Crippen LogP contribution in [-0.4, -0.2) is 26.7 Å². The van der Waals surface area contributed by atoms with Crippen LogP contribution in [0.25, 0.3) is 11.4 Å². The van der Waals surface area contributed by atoms with Crippen LogP contribution in [0.3, 0.4) is 0 Å². The average molecular weight is 217 g/mol. The summed E-state index contributed by atoms with van der Waals surface area (Å²) in [7, 11) is 0. The Labute approximate surface area is 94.1 Å². The van der Waals surface area contributed by atoms with Crippen molar-refractivity contribution in [1.82, 2.24) is 20.2 Å². The summed E-state index contributed by atoms with van der Waals surface area (Å²) in [4.78, 5) is 8.50. The summed E-state index contributed by atoms with van der Waals surface area (Å²) in [6, 6.07) is 1.94. The van der Waals surface area contributed by atoms with E-state index in [1.165, 1.54) is 0 Å².